The molecular formula is C55H94O6. The molecule has 0 bridgehead atoms. The largest absolute Gasteiger partial charge is 0.462 e. The normalized spacial score (nSPS) is 12.6. The topological polar surface area (TPSA) is 78.9 Å². The molecule has 0 aliphatic heterocycles. The third-order valence-corrected chi connectivity index (χ3v) is 10.6. The van der Waals surface area contributed by atoms with Crippen molar-refractivity contribution < 1.29 is 28.6 Å². The van der Waals surface area contributed by atoms with Crippen LogP contribution in [-0.2, 0) is 28.6 Å². The molecule has 0 radical (unpaired) electrons. The Morgan fingerprint density at radius 3 is 1.08 bits per heavy atom. The van der Waals surface area contributed by atoms with Crippen LogP contribution in [0.1, 0.15) is 239 Å². The van der Waals surface area contributed by atoms with Gasteiger partial charge in [-0.2, -0.15) is 0 Å². The van der Waals surface area contributed by atoms with Crippen LogP contribution >= 0.6 is 0 Å². The zero-order valence-corrected chi connectivity index (χ0v) is 39.9. The second-order valence-electron chi connectivity index (χ2n) is 16.7. The molecule has 0 fully saturated rings. The average molecular weight is 851 g/mol. The molecule has 0 saturated heterocycles. The molecule has 0 aromatic heterocycles. The van der Waals surface area contributed by atoms with E-state index in [1.807, 2.05) is 0 Å². The van der Waals surface area contributed by atoms with Crippen molar-refractivity contribution in [2.45, 2.75) is 245 Å². The molecule has 0 aliphatic carbocycles. The Labute approximate surface area is 376 Å². The van der Waals surface area contributed by atoms with Gasteiger partial charge >= 0.3 is 17.9 Å². The maximum atomic E-state index is 12.8. The van der Waals surface area contributed by atoms with E-state index < -0.39 is 6.10 Å². The highest BCUT2D eigenvalue weighted by atomic mass is 16.6. The first kappa shape index (κ1) is 57.9. The molecule has 350 valence electrons. The number of allylic oxidation sites excluding steroid dienone is 12. The first-order valence-electron chi connectivity index (χ1n) is 25.4. The van der Waals surface area contributed by atoms with Crippen LogP contribution < -0.4 is 0 Å². The van der Waals surface area contributed by atoms with Gasteiger partial charge in [-0.15, -0.1) is 0 Å². The molecule has 0 aromatic rings. The number of carbonyl (C=O) groups is 3. The summed E-state index contributed by atoms with van der Waals surface area (Å²) in [5, 5.41) is 0. The van der Waals surface area contributed by atoms with E-state index in [0.29, 0.717) is 19.3 Å². The summed E-state index contributed by atoms with van der Waals surface area (Å²) >= 11 is 0. The van der Waals surface area contributed by atoms with Gasteiger partial charge in [0.05, 0.1) is 0 Å². The van der Waals surface area contributed by atoms with Crippen molar-refractivity contribution in [3.8, 4) is 0 Å². The number of rotatable bonds is 45. The van der Waals surface area contributed by atoms with E-state index in [1.165, 1.54) is 57.8 Å². The van der Waals surface area contributed by atoms with Crippen LogP contribution in [0.25, 0.3) is 0 Å². The Bertz CT molecular complexity index is 1160. The van der Waals surface area contributed by atoms with Crippen LogP contribution in [0.2, 0.25) is 0 Å². The highest BCUT2D eigenvalue weighted by Gasteiger charge is 2.19. The lowest BCUT2D eigenvalue weighted by Crippen LogP contribution is -2.30. The standard InChI is InChI=1S/C55H94O6/c1-4-7-10-13-16-19-22-25-27-30-33-36-39-42-45-48-54(57)60-51-52(50-59-53(56)47-44-41-38-35-32-29-24-21-18-15-12-9-6-3)61-55(58)49-46-43-40-37-34-31-28-26-23-20-17-14-11-8-5-2/h7,10,12,15-16,19,21,24-28,52H,4-6,8-9,11,13-14,17-18,20,22-23,29-51H2,1-3H3/b10-7-,15-12-,19-16-,24-21-,27-25-,28-26-. The van der Waals surface area contributed by atoms with Crippen molar-refractivity contribution in [2.75, 3.05) is 13.2 Å². The summed E-state index contributed by atoms with van der Waals surface area (Å²) in [6.07, 6.45) is 61.6. The summed E-state index contributed by atoms with van der Waals surface area (Å²) < 4.78 is 16.8. The Morgan fingerprint density at radius 1 is 0.344 bits per heavy atom. The van der Waals surface area contributed by atoms with Gasteiger partial charge in [0.1, 0.15) is 13.2 Å². The van der Waals surface area contributed by atoms with Gasteiger partial charge < -0.3 is 14.2 Å². The number of ether oxygens (including phenoxy) is 3. The SMILES string of the molecule is CC/C=C\C/C=C\C/C=C\CCCCCCCC(=O)OCC(COC(=O)CCCCCCC/C=C\C/C=C\CCC)OC(=O)CCCCCCC/C=C\CCCCCCCC. The Hall–Kier alpha value is -3.15. The molecule has 1 unspecified atom stereocenters. The minimum absolute atomic E-state index is 0.0920. The number of hydrogen-bond acceptors (Lipinski definition) is 6. The number of unbranched alkanes of at least 4 members (excludes halogenated alkanes) is 22. The summed E-state index contributed by atoms with van der Waals surface area (Å²) in [6, 6.07) is 0. The molecule has 0 saturated carbocycles. The van der Waals surface area contributed by atoms with Gasteiger partial charge in [-0.25, -0.2) is 0 Å². The van der Waals surface area contributed by atoms with Gasteiger partial charge in [0, 0.05) is 19.3 Å². The van der Waals surface area contributed by atoms with E-state index in [0.717, 1.165) is 141 Å². The Balaban J connectivity index is 4.44. The van der Waals surface area contributed by atoms with Gasteiger partial charge in [0.2, 0.25) is 0 Å². The summed E-state index contributed by atoms with van der Waals surface area (Å²) in [7, 11) is 0. The third kappa shape index (κ3) is 47.7. The summed E-state index contributed by atoms with van der Waals surface area (Å²) in [5.41, 5.74) is 0. The Kier molecular flexibility index (Phi) is 46.9. The fourth-order valence-corrected chi connectivity index (χ4v) is 6.84. The van der Waals surface area contributed by atoms with Gasteiger partial charge in [-0.1, -0.05) is 190 Å². The third-order valence-electron chi connectivity index (χ3n) is 10.6. The lowest BCUT2D eigenvalue weighted by molar-refractivity contribution is -0.167. The lowest BCUT2D eigenvalue weighted by atomic mass is 10.1. The molecule has 6 heteroatoms. The van der Waals surface area contributed by atoms with Crippen LogP contribution in [-0.4, -0.2) is 37.2 Å². The van der Waals surface area contributed by atoms with E-state index in [1.54, 1.807) is 0 Å². The summed E-state index contributed by atoms with van der Waals surface area (Å²) in [6.45, 7) is 6.42. The molecule has 0 amide bonds. The Morgan fingerprint density at radius 2 is 0.672 bits per heavy atom. The average Bonchev–Trinajstić information content (AvgIpc) is 3.26. The van der Waals surface area contributed by atoms with E-state index in [-0.39, 0.29) is 31.1 Å². The van der Waals surface area contributed by atoms with Gasteiger partial charge in [-0.05, 0) is 103 Å². The molecular weight excluding hydrogens is 757 g/mol. The second-order valence-corrected chi connectivity index (χ2v) is 16.7. The van der Waals surface area contributed by atoms with Crippen LogP contribution in [0.15, 0.2) is 72.9 Å². The molecule has 61 heavy (non-hydrogen) atoms. The van der Waals surface area contributed by atoms with E-state index in [9.17, 15) is 14.4 Å². The second kappa shape index (κ2) is 49.5. The molecule has 0 aliphatic rings. The smallest absolute Gasteiger partial charge is 0.306 e. The van der Waals surface area contributed by atoms with Crippen molar-refractivity contribution >= 4 is 17.9 Å². The first-order valence-corrected chi connectivity index (χ1v) is 25.4. The quantitative estimate of drug-likeness (QED) is 0.0263. The van der Waals surface area contributed by atoms with Crippen LogP contribution in [0.3, 0.4) is 0 Å². The van der Waals surface area contributed by atoms with Crippen LogP contribution in [0.4, 0.5) is 0 Å². The fraction of sp³-hybridized carbons (Fsp3) is 0.727. The zero-order chi connectivity index (χ0) is 44.4. The van der Waals surface area contributed by atoms with Gasteiger partial charge in [0.15, 0.2) is 6.10 Å². The van der Waals surface area contributed by atoms with Crippen molar-refractivity contribution in [3.63, 3.8) is 0 Å². The minimum atomic E-state index is -0.792. The molecule has 0 N–H and O–H groups in total. The zero-order valence-electron chi connectivity index (χ0n) is 39.9. The number of esters is 3. The van der Waals surface area contributed by atoms with E-state index in [4.69, 9.17) is 14.2 Å². The number of carbonyl (C=O) groups excluding carboxylic acids is 3. The predicted molar refractivity (Wildman–Crippen MR) is 261 cm³/mol. The number of hydrogen-bond donors (Lipinski definition) is 0. The van der Waals surface area contributed by atoms with Crippen molar-refractivity contribution in [2.24, 2.45) is 0 Å². The van der Waals surface area contributed by atoms with E-state index >= 15 is 0 Å². The van der Waals surface area contributed by atoms with Crippen LogP contribution in [0, 0.1) is 0 Å². The van der Waals surface area contributed by atoms with Crippen molar-refractivity contribution in [1.29, 1.82) is 0 Å². The minimum Gasteiger partial charge on any atom is -0.462 e. The van der Waals surface area contributed by atoms with Gasteiger partial charge in [0.25, 0.3) is 0 Å². The molecule has 0 heterocycles. The van der Waals surface area contributed by atoms with Crippen molar-refractivity contribution in [1.82, 2.24) is 0 Å². The molecule has 0 aromatic carbocycles. The highest BCUT2D eigenvalue weighted by Crippen LogP contribution is 2.14. The fourth-order valence-electron chi connectivity index (χ4n) is 6.84. The molecule has 1 atom stereocenters. The van der Waals surface area contributed by atoms with Crippen molar-refractivity contribution in [3.05, 3.63) is 72.9 Å². The summed E-state index contributed by atoms with van der Waals surface area (Å²) in [5.74, 6) is -0.930. The molecule has 0 spiro atoms. The lowest BCUT2D eigenvalue weighted by Gasteiger charge is -2.18. The summed E-state index contributed by atoms with van der Waals surface area (Å²) in [4.78, 5) is 37.9. The first-order chi connectivity index (χ1) is 30.0. The molecule has 0 rings (SSSR count). The predicted octanol–water partition coefficient (Wildman–Crippen LogP) is 16.6. The van der Waals surface area contributed by atoms with E-state index in [2.05, 4.69) is 93.7 Å². The van der Waals surface area contributed by atoms with Gasteiger partial charge in [-0.3, -0.25) is 14.4 Å². The molecule has 6 nitrogen and oxygen atoms in total. The monoisotopic (exact) mass is 851 g/mol. The highest BCUT2D eigenvalue weighted by molar-refractivity contribution is 5.71. The maximum absolute atomic E-state index is 12.8. The van der Waals surface area contributed by atoms with Crippen LogP contribution in [0.5, 0.6) is 0 Å². The maximum Gasteiger partial charge on any atom is 0.306 e.